The molecule has 7 nitrogen and oxygen atoms in total. The fourth-order valence-corrected chi connectivity index (χ4v) is 4.59. The Bertz CT molecular complexity index is 644. The van der Waals surface area contributed by atoms with Crippen LogP contribution in [0.15, 0.2) is 29.2 Å². The van der Waals surface area contributed by atoms with Crippen LogP contribution in [0.3, 0.4) is 0 Å². The molecule has 2 fully saturated rings. The molecule has 2 aliphatic rings. The Morgan fingerprint density at radius 3 is 2.62 bits per heavy atom. The van der Waals surface area contributed by atoms with Crippen LogP contribution in [-0.4, -0.2) is 43.3 Å². The molecular weight excluding hydrogens is 294 g/mol. The first-order valence-corrected chi connectivity index (χ1v) is 8.40. The molecule has 2 saturated heterocycles. The highest BCUT2D eigenvalue weighted by Gasteiger charge is 2.37. The molecule has 1 aromatic rings. The number of nitro groups is 1. The Kier molecular flexibility index (Phi) is 3.68. The summed E-state index contributed by atoms with van der Waals surface area (Å²) in [5.74, 6) is 0.563. The molecule has 0 aromatic heterocycles. The number of sulfonamides is 1. The molecule has 2 aliphatic heterocycles. The van der Waals surface area contributed by atoms with Gasteiger partial charge in [0, 0.05) is 31.3 Å². The summed E-state index contributed by atoms with van der Waals surface area (Å²) in [6, 6.07) is 5.30. The topological polar surface area (TPSA) is 92.5 Å². The molecule has 1 N–H and O–H groups in total. The average molecular weight is 311 g/mol. The number of piperidine rings is 1. The highest BCUT2D eigenvalue weighted by atomic mass is 32.2. The Morgan fingerprint density at radius 2 is 1.95 bits per heavy atom. The van der Waals surface area contributed by atoms with Gasteiger partial charge in [-0.1, -0.05) is 0 Å². The highest BCUT2D eigenvalue weighted by molar-refractivity contribution is 7.89. The summed E-state index contributed by atoms with van der Waals surface area (Å²) in [6.45, 7) is 1.94. The van der Waals surface area contributed by atoms with Gasteiger partial charge in [0.25, 0.3) is 5.69 Å². The van der Waals surface area contributed by atoms with E-state index < -0.39 is 14.9 Å². The Labute approximate surface area is 123 Å². The predicted octanol–water partition coefficient (Wildman–Crippen LogP) is 0.967. The minimum Gasteiger partial charge on any atom is -0.312 e. The van der Waals surface area contributed by atoms with Crippen molar-refractivity contribution < 1.29 is 13.3 Å². The highest BCUT2D eigenvalue weighted by Crippen LogP contribution is 2.29. The van der Waals surface area contributed by atoms with Crippen LogP contribution in [0.25, 0.3) is 0 Å². The van der Waals surface area contributed by atoms with Gasteiger partial charge in [-0.25, -0.2) is 8.42 Å². The minimum absolute atomic E-state index is 0.106. The van der Waals surface area contributed by atoms with Gasteiger partial charge < -0.3 is 5.32 Å². The van der Waals surface area contributed by atoms with Crippen LogP contribution in [0.5, 0.6) is 0 Å². The van der Waals surface area contributed by atoms with Crippen LogP contribution < -0.4 is 5.32 Å². The van der Waals surface area contributed by atoms with Crippen molar-refractivity contribution in [1.82, 2.24) is 9.62 Å². The van der Waals surface area contributed by atoms with Crippen LogP contribution >= 0.6 is 0 Å². The van der Waals surface area contributed by atoms with Crippen LogP contribution in [0.2, 0.25) is 0 Å². The number of rotatable bonds is 3. The number of nitrogens with zero attached hydrogens (tertiary/aromatic N) is 2. The Morgan fingerprint density at radius 1 is 1.24 bits per heavy atom. The summed E-state index contributed by atoms with van der Waals surface area (Å²) < 4.78 is 26.7. The number of non-ortho nitro benzene ring substituents is 1. The van der Waals surface area contributed by atoms with Crippen molar-refractivity contribution in [2.75, 3.05) is 19.6 Å². The SMILES string of the molecule is O=[N+]([O-])c1ccc(S(=O)(=O)N2CC[C@H]3CCN[C@H]3C2)cc1. The van der Waals surface area contributed by atoms with Crippen molar-refractivity contribution in [2.45, 2.75) is 23.8 Å². The lowest BCUT2D eigenvalue weighted by atomic mass is 9.94. The predicted molar refractivity (Wildman–Crippen MR) is 76.4 cm³/mol. The van der Waals surface area contributed by atoms with E-state index in [0.717, 1.165) is 19.4 Å². The molecule has 3 rings (SSSR count). The maximum atomic E-state index is 12.6. The molecule has 0 amide bonds. The van der Waals surface area contributed by atoms with Crippen LogP contribution in [0.1, 0.15) is 12.8 Å². The van der Waals surface area contributed by atoms with Crippen LogP contribution in [-0.2, 0) is 10.0 Å². The van der Waals surface area contributed by atoms with Gasteiger partial charge >= 0.3 is 0 Å². The zero-order valence-electron chi connectivity index (χ0n) is 11.4. The molecule has 0 spiro atoms. The molecule has 8 heteroatoms. The lowest BCUT2D eigenvalue weighted by Gasteiger charge is -2.34. The van der Waals surface area contributed by atoms with Gasteiger partial charge in [-0.3, -0.25) is 10.1 Å². The van der Waals surface area contributed by atoms with E-state index in [0.29, 0.717) is 19.0 Å². The Balaban J connectivity index is 1.81. The second kappa shape index (κ2) is 5.36. The lowest BCUT2D eigenvalue weighted by Crippen LogP contribution is -2.48. The largest absolute Gasteiger partial charge is 0.312 e. The first-order chi connectivity index (χ1) is 9.98. The summed E-state index contributed by atoms with van der Waals surface area (Å²) in [5, 5.41) is 14.0. The van der Waals surface area contributed by atoms with E-state index in [1.54, 1.807) is 0 Å². The number of hydrogen-bond acceptors (Lipinski definition) is 5. The van der Waals surface area contributed by atoms with E-state index in [1.165, 1.54) is 28.6 Å². The average Bonchev–Trinajstić information content (AvgIpc) is 2.94. The van der Waals surface area contributed by atoms with Crippen molar-refractivity contribution in [3.05, 3.63) is 34.4 Å². The molecule has 0 aliphatic carbocycles. The first-order valence-electron chi connectivity index (χ1n) is 6.96. The lowest BCUT2D eigenvalue weighted by molar-refractivity contribution is -0.384. The molecule has 0 radical (unpaired) electrons. The molecule has 114 valence electrons. The van der Waals surface area contributed by atoms with Crippen molar-refractivity contribution >= 4 is 15.7 Å². The quantitative estimate of drug-likeness (QED) is 0.663. The monoisotopic (exact) mass is 311 g/mol. The maximum absolute atomic E-state index is 12.6. The molecule has 0 unspecified atom stereocenters. The summed E-state index contributed by atoms with van der Waals surface area (Å²) in [7, 11) is -3.57. The molecule has 1 aromatic carbocycles. The first kappa shape index (κ1) is 14.4. The third-order valence-corrected chi connectivity index (χ3v) is 6.20. The normalized spacial score (nSPS) is 26.5. The minimum atomic E-state index is -3.57. The van der Waals surface area contributed by atoms with E-state index in [-0.39, 0.29) is 16.6 Å². The standard InChI is InChI=1S/C13H17N3O4S/c17-16(18)11-1-3-12(4-2-11)21(19,20)15-8-6-10-5-7-14-13(10)9-15/h1-4,10,13-14H,5-9H2/t10-,13+/m1/s1. The molecule has 21 heavy (non-hydrogen) atoms. The van der Waals surface area contributed by atoms with E-state index in [1.807, 2.05) is 0 Å². The number of hydrogen-bond donors (Lipinski definition) is 1. The molecule has 2 atom stereocenters. The fourth-order valence-electron chi connectivity index (χ4n) is 3.11. The molecule has 0 saturated carbocycles. The molecule has 2 heterocycles. The van der Waals surface area contributed by atoms with E-state index in [2.05, 4.69) is 5.32 Å². The maximum Gasteiger partial charge on any atom is 0.269 e. The molecular formula is C13H17N3O4S. The van der Waals surface area contributed by atoms with E-state index in [9.17, 15) is 18.5 Å². The Hall–Kier alpha value is -1.51. The third kappa shape index (κ3) is 2.66. The van der Waals surface area contributed by atoms with Crippen LogP contribution in [0, 0.1) is 16.0 Å². The van der Waals surface area contributed by atoms with Gasteiger partial charge in [-0.15, -0.1) is 0 Å². The second-order valence-electron chi connectivity index (χ2n) is 5.51. The zero-order chi connectivity index (χ0) is 15.0. The number of benzene rings is 1. The van der Waals surface area contributed by atoms with Gasteiger partial charge in [0.1, 0.15) is 0 Å². The zero-order valence-corrected chi connectivity index (χ0v) is 12.3. The summed E-state index contributed by atoms with van der Waals surface area (Å²) in [5.41, 5.74) is -0.106. The number of nitrogens with one attached hydrogen (secondary N) is 1. The van der Waals surface area contributed by atoms with Crippen molar-refractivity contribution in [3.63, 3.8) is 0 Å². The van der Waals surface area contributed by atoms with Gasteiger partial charge in [-0.2, -0.15) is 4.31 Å². The smallest absolute Gasteiger partial charge is 0.269 e. The fraction of sp³-hybridized carbons (Fsp3) is 0.538. The summed E-state index contributed by atoms with van der Waals surface area (Å²) >= 11 is 0. The van der Waals surface area contributed by atoms with Crippen molar-refractivity contribution in [2.24, 2.45) is 5.92 Å². The van der Waals surface area contributed by atoms with Gasteiger partial charge in [0.05, 0.1) is 9.82 Å². The van der Waals surface area contributed by atoms with Crippen molar-refractivity contribution in [3.8, 4) is 0 Å². The summed E-state index contributed by atoms with van der Waals surface area (Å²) in [6.07, 6.45) is 1.97. The second-order valence-corrected chi connectivity index (χ2v) is 7.45. The molecule has 0 bridgehead atoms. The third-order valence-electron chi connectivity index (χ3n) is 4.33. The van der Waals surface area contributed by atoms with Gasteiger partial charge in [0.15, 0.2) is 0 Å². The van der Waals surface area contributed by atoms with E-state index in [4.69, 9.17) is 0 Å². The number of nitro benzene ring substituents is 1. The number of fused-ring (bicyclic) bond motifs is 1. The van der Waals surface area contributed by atoms with E-state index >= 15 is 0 Å². The van der Waals surface area contributed by atoms with Crippen molar-refractivity contribution in [1.29, 1.82) is 0 Å². The van der Waals surface area contributed by atoms with Gasteiger partial charge in [0.2, 0.25) is 10.0 Å². The summed E-state index contributed by atoms with van der Waals surface area (Å²) in [4.78, 5) is 10.2. The van der Waals surface area contributed by atoms with Crippen LogP contribution in [0.4, 0.5) is 5.69 Å². The van der Waals surface area contributed by atoms with Gasteiger partial charge in [-0.05, 0) is 37.4 Å².